The standard InChI is InChI=1S/C11H19BO3/c1-10(2)11(3,4)15-12(14-10)8-5-6-9(13)7-8/h8H,5-7H2,1-4H3/t8-/m0/s1. The molecule has 1 heterocycles. The number of carbonyl (C=O) groups excluding carboxylic acids is 1. The molecule has 1 atom stereocenters. The fraction of sp³-hybridized carbons (Fsp3) is 0.909. The summed E-state index contributed by atoms with van der Waals surface area (Å²) in [4.78, 5) is 11.2. The van der Waals surface area contributed by atoms with E-state index in [1.54, 1.807) is 0 Å². The molecule has 4 heteroatoms. The third-order valence-corrected chi connectivity index (χ3v) is 3.94. The van der Waals surface area contributed by atoms with Crippen molar-refractivity contribution in [1.82, 2.24) is 0 Å². The molecule has 2 aliphatic rings. The van der Waals surface area contributed by atoms with E-state index < -0.39 is 0 Å². The van der Waals surface area contributed by atoms with Crippen molar-refractivity contribution in [3.8, 4) is 0 Å². The molecular weight excluding hydrogens is 191 g/mol. The molecule has 2 rings (SSSR count). The van der Waals surface area contributed by atoms with Gasteiger partial charge in [0.15, 0.2) is 0 Å². The molecule has 1 aliphatic carbocycles. The van der Waals surface area contributed by atoms with Crippen molar-refractivity contribution in [2.45, 2.75) is 64.0 Å². The minimum atomic E-state index is -0.274. The highest BCUT2D eigenvalue weighted by Gasteiger charge is 2.54. The number of hydrogen-bond acceptors (Lipinski definition) is 3. The van der Waals surface area contributed by atoms with Crippen LogP contribution in [0.1, 0.15) is 47.0 Å². The average molecular weight is 210 g/mol. The first-order chi connectivity index (χ1) is 6.82. The Bertz CT molecular complexity index is 270. The first-order valence-electron chi connectivity index (χ1n) is 5.69. The zero-order valence-electron chi connectivity index (χ0n) is 10.0. The third-order valence-electron chi connectivity index (χ3n) is 3.94. The second-order valence-electron chi connectivity index (χ2n) is 5.67. The van der Waals surface area contributed by atoms with Gasteiger partial charge in [-0.25, -0.2) is 0 Å². The van der Waals surface area contributed by atoms with Crippen molar-refractivity contribution in [2.75, 3.05) is 0 Å². The van der Waals surface area contributed by atoms with Crippen molar-refractivity contribution in [3.05, 3.63) is 0 Å². The van der Waals surface area contributed by atoms with Crippen LogP contribution < -0.4 is 0 Å². The Labute approximate surface area is 91.7 Å². The Morgan fingerprint density at radius 2 is 1.73 bits per heavy atom. The van der Waals surface area contributed by atoms with E-state index in [-0.39, 0.29) is 24.1 Å². The second kappa shape index (κ2) is 3.32. The molecule has 3 nitrogen and oxygen atoms in total. The topological polar surface area (TPSA) is 35.5 Å². The van der Waals surface area contributed by atoms with Gasteiger partial charge >= 0.3 is 7.12 Å². The van der Waals surface area contributed by atoms with Gasteiger partial charge in [0.05, 0.1) is 11.2 Å². The van der Waals surface area contributed by atoms with E-state index >= 15 is 0 Å². The van der Waals surface area contributed by atoms with E-state index in [4.69, 9.17) is 9.31 Å². The van der Waals surface area contributed by atoms with Crippen molar-refractivity contribution in [1.29, 1.82) is 0 Å². The van der Waals surface area contributed by atoms with Crippen LogP contribution in [0.15, 0.2) is 0 Å². The van der Waals surface area contributed by atoms with Gasteiger partial charge in [-0.3, -0.25) is 4.79 Å². The van der Waals surface area contributed by atoms with Gasteiger partial charge in [-0.2, -0.15) is 0 Å². The Morgan fingerprint density at radius 3 is 2.13 bits per heavy atom. The summed E-state index contributed by atoms with van der Waals surface area (Å²) < 4.78 is 11.8. The molecule has 1 aliphatic heterocycles. The molecule has 1 saturated carbocycles. The monoisotopic (exact) mass is 210 g/mol. The van der Waals surface area contributed by atoms with Crippen molar-refractivity contribution in [3.63, 3.8) is 0 Å². The summed E-state index contributed by atoms with van der Waals surface area (Å²) in [5.41, 5.74) is -0.549. The predicted octanol–water partition coefficient (Wildman–Crippen LogP) is 2.20. The van der Waals surface area contributed by atoms with Gasteiger partial charge in [-0.05, 0) is 34.1 Å². The number of ketones is 1. The number of carbonyl (C=O) groups is 1. The summed E-state index contributed by atoms with van der Waals surface area (Å²) in [6.45, 7) is 8.18. The van der Waals surface area contributed by atoms with Gasteiger partial charge in [0.25, 0.3) is 0 Å². The van der Waals surface area contributed by atoms with Gasteiger partial charge in [0.1, 0.15) is 5.78 Å². The van der Waals surface area contributed by atoms with Crippen LogP contribution >= 0.6 is 0 Å². The van der Waals surface area contributed by atoms with E-state index in [1.165, 1.54) is 0 Å². The largest absolute Gasteiger partial charge is 0.461 e. The highest BCUT2D eigenvalue weighted by atomic mass is 16.7. The van der Waals surface area contributed by atoms with E-state index in [2.05, 4.69) is 0 Å². The summed E-state index contributed by atoms with van der Waals surface area (Å²) in [5, 5.41) is 0. The molecule has 15 heavy (non-hydrogen) atoms. The van der Waals surface area contributed by atoms with E-state index in [0.717, 1.165) is 6.42 Å². The van der Waals surface area contributed by atoms with Gasteiger partial charge in [-0.15, -0.1) is 0 Å². The highest BCUT2D eigenvalue weighted by Crippen LogP contribution is 2.43. The van der Waals surface area contributed by atoms with Crippen LogP contribution in [0.2, 0.25) is 5.82 Å². The third kappa shape index (κ3) is 1.85. The SMILES string of the molecule is CC1(C)OB([C@H]2CCC(=O)C2)OC1(C)C. The molecule has 0 amide bonds. The molecular formula is C11H19BO3. The van der Waals surface area contributed by atoms with Crippen LogP contribution in [-0.2, 0) is 14.1 Å². The van der Waals surface area contributed by atoms with Crippen molar-refractivity contribution >= 4 is 12.9 Å². The minimum Gasteiger partial charge on any atom is -0.403 e. The Kier molecular flexibility index (Phi) is 2.47. The molecule has 0 aromatic heterocycles. The molecule has 0 radical (unpaired) electrons. The van der Waals surface area contributed by atoms with Crippen molar-refractivity contribution in [2.24, 2.45) is 0 Å². The fourth-order valence-electron chi connectivity index (χ4n) is 2.16. The van der Waals surface area contributed by atoms with E-state index in [0.29, 0.717) is 18.6 Å². The maximum Gasteiger partial charge on any atom is 0.461 e. The van der Waals surface area contributed by atoms with E-state index in [9.17, 15) is 4.79 Å². The molecule has 1 saturated heterocycles. The van der Waals surface area contributed by atoms with Crippen LogP contribution in [0, 0.1) is 0 Å². The van der Waals surface area contributed by atoms with Gasteiger partial charge in [0, 0.05) is 18.7 Å². The first-order valence-corrected chi connectivity index (χ1v) is 5.69. The highest BCUT2D eigenvalue weighted by molar-refractivity contribution is 6.48. The lowest BCUT2D eigenvalue weighted by Gasteiger charge is -2.32. The molecule has 0 aromatic carbocycles. The number of rotatable bonds is 1. The summed E-state index contributed by atoms with van der Waals surface area (Å²) in [7, 11) is -0.193. The van der Waals surface area contributed by atoms with Crippen LogP contribution in [0.5, 0.6) is 0 Å². The molecule has 0 bridgehead atoms. The van der Waals surface area contributed by atoms with Crippen molar-refractivity contribution < 1.29 is 14.1 Å². The zero-order valence-corrected chi connectivity index (χ0v) is 10.0. The maximum atomic E-state index is 11.2. The van der Waals surface area contributed by atoms with Crippen LogP contribution in [-0.4, -0.2) is 24.1 Å². The molecule has 2 fully saturated rings. The molecule has 0 unspecified atom stereocenters. The smallest absolute Gasteiger partial charge is 0.403 e. The number of Topliss-reactive ketones (excluding diaryl/α,β-unsaturated/α-hetero) is 1. The Balaban J connectivity index is 2.06. The predicted molar refractivity (Wildman–Crippen MR) is 58.7 cm³/mol. The molecule has 0 aromatic rings. The average Bonchev–Trinajstić information content (AvgIpc) is 2.56. The molecule has 0 spiro atoms. The summed E-state index contributed by atoms with van der Waals surface area (Å²) in [6.07, 6.45) is 2.22. The normalized spacial score (nSPS) is 33.7. The molecule has 0 N–H and O–H groups in total. The van der Waals surface area contributed by atoms with Crippen LogP contribution in [0.25, 0.3) is 0 Å². The maximum absolute atomic E-state index is 11.2. The lowest BCUT2D eigenvalue weighted by atomic mass is 9.71. The lowest BCUT2D eigenvalue weighted by molar-refractivity contribution is -0.117. The molecule has 84 valence electrons. The van der Waals surface area contributed by atoms with E-state index in [1.807, 2.05) is 27.7 Å². The summed E-state index contributed by atoms with van der Waals surface area (Å²) in [5.74, 6) is 0.605. The minimum absolute atomic E-state index is 0.193. The fourth-order valence-corrected chi connectivity index (χ4v) is 2.16. The lowest BCUT2D eigenvalue weighted by Crippen LogP contribution is -2.41. The first kappa shape index (κ1) is 11.1. The quantitative estimate of drug-likeness (QED) is 0.622. The van der Waals surface area contributed by atoms with Gasteiger partial charge < -0.3 is 9.31 Å². The van der Waals surface area contributed by atoms with Crippen LogP contribution in [0.4, 0.5) is 0 Å². The number of hydrogen-bond donors (Lipinski definition) is 0. The summed E-state index contributed by atoms with van der Waals surface area (Å²) >= 11 is 0. The zero-order chi connectivity index (χ0) is 11.3. The summed E-state index contributed by atoms with van der Waals surface area (Å²) in [6, 6.07) is 0. The Hall–Kier alpha value is -0.345. The van der Waals surface area contributed by atoms with Crippen LogP contribution in [0.3, 0.4) is 0 Å². The Morgan fingerprint density at radius 1 is 1.20 bits per heavy atom. The van der Waals surface area contributed by atoms with Gasteiger partial charge in [-0.1, -0.05) is 0 Å². The van der Waals surface area contributed by atoms with Gasteiger partial charge in [0.2, 0.25) is 0 Å². The second-order valence-corrected chi connectivity index (χ2v) is 5.67.